The maximum absolute atomic E-state index is 13.6. The van der Waals surface area contributed by atoms with E-state index in [2.05, 4.69) is 5.32 Å². The number of amides is 1. The van der Waals surface area contributed by atoms with Gasteiger partial charge in [-0.05, 0) is 78.1 Å². The number of methoxy groups -OCH3 is 1. The standard InChI is InChI=1S/C36H26ClF4NO5/c1-19-14-26-31(18-29(19)37)47-35(45)27(17-32(43)42-30-12-11-25(38)16-28(30)36(39,40)41)33(26)24-6-4-5-23(15-24)22-9-7-21(8-10-22)13-20(2)34(44)46-3/h4-16,18H,17H2,1-3H3,(H,42,43)/b20-13+. The van der Waals surface area contributed by atoms with Gasteiger partial charge in [0.25, 0.3) is 0 Å². The Morgan fingerprint density at radius 2 is 1.66 bits per heavy atom. The summed E-state index contributed by atoms with van der Waals surface area (Å²) in [7, 11) is 1.30. The lowest BCUT2D eigenvalue weighted by Crippen LogP contribution is -2.22. The summed E-state index contributed by atoms with van der Waals surface area (Å²) in [6, 6.07) is 19.6. The summed E-state index contributed by atoms with van der Waals surface area (Å²) in [6.07, 6.45) is -3.89. The second-order valence-corrected chi connectivity index (χ2v) is 11.2. The van der Waals surface area contributed by atoms with E-state index in [1.54, 1.807) is 38.1 Å². The quantitative estimate of drug-likeness (QED) is 0.0813. The predicted molar refractivity (Wildman–Crippen MR) is 173 cm³/mol. The number of ether oxygens (including phenoxy) is 1. The third-order valence-corrected chi connectivity index (χ3v) is 7.87. The smallest absolute Gasteiger partial charge is 0.418 e. The first kappa shape index (κ1) is 33.2. The number of hydrogen-bond donors (Lipinski definition) is 1. The zero-order chi connectivity index (χ0) is 34.0. The first-order valence-corrected chi connectivity index (χ1v) is 14.5. The van der Waals surface area contributed by atoms with E-state index in [0.717, 1.165) is 28.8 Å². The molecule has 5 aromatic rings. The van der Waals surface area contributed by atoms with Gasteiger partial charge in [-0.3, -0.25) is 4.79 Å². The van der Waals surface area contributed by atoms with Gasteiger partial charge in [0, 0.05) is 27.6 Å². The summed E-state index contributed by atoms with van der Waals surface area (Å²) in [6.45, 7) is 3.40. The van der Waals surface area contributed by atoms with Gasteiger partial charge in [-0.2, -0.15) is 13.2 Å². The number of benzene rings is 4. The molecule has 5 rings (SSSR count). The number of anilines is 1. The molecule has 1 N–H and O–H groups in total. The second kappa shape index (κ2) is 13.3. The Kier molecular flexibility index (Phi) is 9.35. The number of nitrogens with one attached hydrogen (secondary N) is 1. The maximum Gasteiger partial charge on any atom is 0.418 e. The lowest BCUT2D eigenvalue weighted by molar-refractivity contribution is -0.137. The van der Waals surface area contributed by atoms with Crippen molar-refractivity contribution >= 4 is 46.2 Å². The molecular formula is C36H26ClF4NO5. The zero-order valence-corrected chi connectivity index (χ0v) is 26.0. The van der Waals surface area contributed by atoms with E-state index in [-0.39, 0.29) is 17.2 Å². The number of hydrogen-bond acceptors (Lipinski definition) is 5. The molecule has 4 aromatic carbocycles. The SMILES string of the molecule is COC(=O)/C(C)=C/c1ccc(-c2cccc(-c3c(CC(=O)Nc4ccc(F)cc4C(F)(F)F)c(=O)oc4cc(Cl)c(C)cc34)c2)cc1. The third kappa shape index (κ3) is 7.28. The van der Waals surface area contributed by atoms with Gasteiger partial charge >= 0.3 is 17.8 Å². The van der Waals surface area contributed by atoms with Gasteiger partial charge in [-0.1, -0.05) is 54.1 Å². The molecule has 1 aromatic heterocycles. The number of rotatable bonds is 7. The summed E-state index contributed by atoms with van der Waals surface area (Å²) in [5, 5.41) is 2.98. The van der Waals surface area contributed by atoms with Crippen molar-refractivity contribution in [2.24, 2.45) is 0 Å². The van der Waals surface area contributed by atoms with Crippen molar-refractivity contribution < 1.29 is 36.3 Å². The number of carbonyl (C=O) groups is 2. The van der Waals surface area contributed by atoms with Crippen molar-refractivity contribution in [1.29, 1.82) is 0 Å². The van der Waals surface area contributed by atoms with Crippen molar-refractivity contribution in [2.45, 2.75) is 26.4 Å². The van der Waals surface area contributed by atoms with Crippen molar-refractivity contribution in [1.82, 2.24) is 0 Å². The Balaban J connectivity index is 1.59. The zero-order valence-electron chi connectivity index (χ0n) is 25.2. The Morgan fingerprint density at radius 1 is 0.957 bits per heavy atom. The number of carbonyl (C=O) groups excluding carboxylic acids is 2. The van der Waals surface area contributed by atoms with Gasteiger partial charge in [0.2, 0.25) is 5.91 Å². The number of aryl methyl sites for hydroxylation is 1. The van der Waals surface area contributed by atoms with Crippen LogP contribution < -0.4 is 10.9 Å². The van der Waals surface area contributed by atoms with Gasteiger partial charge in [-0.25, -0.2) is 14.0 Å². The summed E-state index contributed by atoms with van der Waals surface area (Å²) in [4.78, 5) is 38.3. The summed E-state index contributed by atoms with van der Waals surface area (Å²) in [5.41, 5.74) is 1.48. The van der Waals surface area contributed by atoms with Crippen molar-refractivity contribution in [3.05, 3.63) is 128 Å². The van der Waals surface area contributed by atoms with Crippen LogP contribution in [0.4, 0.5) is 23.2 Å². The fourth-order valence-electron chi connectivity index (χ4n) is 5.17. The highest BCUT2D eigenvalue weighted by atomic mass is 35.5. The number of halogens is 5. The normalized spacial score (nSPS) is 11.9. The molecule has 0 bridgehead atoms. The molecule has 6 nitrogen and oxygen atoms in total. The summed E-state index contributed by atoms with van der Waals surface area (Å²) >= 11 is 6.32. The van der Waals surface area contributed by atoms with Crippen LogP contribution in [0.2, 0.25) is 5.02 Å². The molecule has 0 spiro atoms. The fraction of sp³-hybridized carbons (Fsp3) is 0.139. The van der Waals surface area contributed by atoms with Crippen molar-refractivity contribution in [2.75, 3.05) is 12.4 Å². The Labute approximate surface area is 271 Å². The van der Waals surface area contributed by atoms with Crippen molar-refractivity contribution in [3.8, 4) is 22.3 Å². The molecule has 1 heterocycles. The fourth-order valence-corrected chi connectivity index (χ4v) is 5.32. The minimum absolute atomic E-state index is 0.0942. The van der Waals surface area contributed by atoms with E-state index < -0.39 is 47.2 Å². The second-order valence-electron chi connectivity index (χ2n) is 10.8. The Hall–Kier alpha value is -5.22. The molecule has 240 valence electrons. The van der Waals surface area contributed by atoms with E-state index in [1.165, 1.54) is 13.2 Å². The monoisotopic (exact) mass is 663 g/mol. The first-order chi connectivity index (χ1) is 22.2. The molecule has 1 amide bonds. The molecule has 0 atom stereocenters. The van der Waals surface area contributed by atoms with Crippen LogP contribution in [-0.2, 0) is 26.9 Å². The first-order valence-electron chi connectivity index (χ1n) is 14.1. The number of esters is 1. The Bertz CT molecular complexity index is 2120. The van der Waals surface area contributed by atoms with E-state index in [0.29, 0.717) is 32.7 Å². The van der Waals surface area contributed by atoms with Crippen LogP contribution in [-0.4, -0.2) is 19.0 Å². The molecule has 47 heavy (non-hydrogen) atoms. The van der Waals surface area contributed by atoms with E-state index in [9.17, 15) is 31.9 Å². The van der Waals surface area contributed by atoms with E-state index in [4.69, 9.17) is 20.8 Å². The maximum atomic E-state index is 13.6. The molecule has 11 heteroatoms. The lowest BCUT2D eigenvalue weighted by Gasteiger charge is -2.16. The molecule has 0 saturated carbocycles. The molecule has 0 radical (unpaired) electrons. The van der Waals surface area contributed by atoms with Gasteiger partial charge in [0.15, 0.2) is 0 Å². The lowest BCUT2D eigenvalue weighted by atomic mass is 9.92. The average Bonchev–Trinajstić information content (AvgIpc) is 3.02. The molecule has 0 saturated heterocycles. The van der Waals surface area contributed by atoms with Gasteiger partial charge < -0.3 is 14.5 Å². The summed E-state index contributed by atoms with van der Waals surface area (Å²) in [5.74, 6) is -2.51. The highest BCUT2D eigenvalue weighted by Crippen LogP contribution is 2.37. The summed E-state index contributed by atoms with van der Waals surface area (Å²) < 4.78 is 64.7. The number of alkyl halides is 3. The van der Waals surface area contributed by atoms with Crippen LogP contribution in [0.3, 0.4) is 0 Å². The van der Waals surface area contributed by atoms with Gasteiger partial charge in [0.1, 0.15) is 11.4 Å². The van der Waals surface area contributed by atoms with E-state index >= 15 is 0 Å². The van der Waals surface area contributed by atoms with Crippen LogP contribution in [0.5, 0.6) is 0 Å². The minimum Gasteiger partial charge on any atom is -0.466 e. The topological polar surface area (TPSA) is 85.6 Å². The van der Waals surface area contributed by atoms with E-state index in [1.807, 2.05) is 36.4 Å². The van der Waals surface area contributed by atoms with Gasteiger partial charge in [-0.15, -0.1) is 0 Å². The third-order valence-electron chi connectivity index (χ3n) is 7.47. The molecule has 0 aliphatic heterocycles. The largest absolute Gasteiger partial charge is 0.466 e. The van der Waals surface area contributed by atoms with Crippen LogP contribution in [0.1, 0.15) is 29.2 Å². The molecule has 0 unspecified atom stereocenters. The average molecular weight is 664 g/mol. The van der Waals surface area contributed by atoms with Crippen LogP contribution >= 0.6 is 11.6 Å². The van der Waals surface area contributed by atoms with Crippen LogP contribution in [0, 0.1) is 12.7 Å². The van der Waals surface area contributed by atoms with Crippen molar-refractivity contribution in [3.63, 3.8) is 0 Å². The van der Waals surface area contributed by atoms with Crippen LogP contribution in [0.25, 0.3) is 39.3 Å². The number of fused-ring (bicyclic) bond motifs is 1. The Morgan fingerprint density at radius 3 is 2.34 bits per heavy atom. The molecule has 0 aliphatic rings. The molecule has 0 aliphatic carbocycles. The molecule has 0 fully saturated rings. The minimum atomic E-state index is -4.94. The molecular weight excluding hydrogens is 638 g/mol. The van der Waals surface area contributed by atoms with Gasteiger partial charge in [0.05, 0.1) is 30.3 Å². The highest BCUT2D eigenvalue weighted by molar-refractivity contribution is 6.32. The predicted octanol–water partition coefficient (Wildman–Crippen LogP) is 9.00. The highest BCUT2D eigenvalue weighted by Gasteiger charge is 2.34. The van der Waals surface area contributed by atoms with Crippen LogP contribution in [0.15, 0.2) is 93.6 Å².